The number of hydrogen-bond acceptors (Lipinski definition) is 4. The number of hydrogen-bond donors (Lipinski definition) is 2. The minimum Gasteiger partial charge on any atom is -0.496 e. The van der Waals surface area contributed by atoms with Gasteiger partial charge in [-0.2, -0.15) is 0 Å². The third kappa shape index (κ3) is 2.91. The minimum absolute atomic E-state index is 0.0677. The van der Waals surface area contributed by atoms with Crippen LogP contribution in [0, 0.1) is 6.92 Å². The van der Waals surface area contributed by atoms with Crippen molar-refractivity contribution in [2.75, 3.05) is 13.7 Å². The molecule has 4 rings (SSSR count). The molecule has 1 atom stereocenters. The summed E-state index contributed by atoms with van der Waals surface area (Å²) >= 11 is 8.04. The Morgan fingerprint density at radius 2 is 2.07 bits per heavy atom. The van der Waals surface area contributed by atoms with Gasteiger partial charge in [-0.3, -0.25) is 4.79 Å². The summed E-state index contributed by atoms with van der Waals surface area (Å²) in [7, 11) is 1.66. The third-order valence-electron chi connectivity index (χ3n) is 5.26. The van der Waals surface area contributed by atoms with E-state index >= 15 is 0 Å². The average Bonchev–Trinajstić information content (AvgIpc) is 3.18. The second kappa shape index (κ2) is 7.24. The number of H-pyrrole nitrogens is 1. The maximum absolute atomic E-state index is 12.5. The van der Waals surface area contributed by atoms with Crippen molar-refractivity contribution >= 4 is 43.9 Å². The number of nitrogens with one attached hydrogen (secondary N) is 1. The smallest absolute Gasteiger partial charge is 0.266 e. The maximum Gasteiger partial charge on any atom is 0.266 e. The highest BCUT2D eigenvalue weighted by molar-refractivity contribution is 7.17. The Bertz CT molecular complexity index is 1260. The fraction of sp³-hybridized carbons (Fsp3) is 0.227. The molecule has 4 nitrogen and oxygen atoms in total. The number of benzene rings is 2. The van der Waals surface area contributed by atoms with Crippen molar-refractivity contribution in [1.29, 1.82) is 0 Å². The minimum atomic E-state index is -0.0677. The van der Waals surface area contributed by atoms with Crippen molar-refractivity contribution in [2.24, 2.45) is 5.73 Å². The molecule has 0 saturated heterocycles. The maximum atomic E-state index is 12.5. The van der Waals surface area contributed by atoms with Gasteiger partial charge in [-0.05, 0) is 59.7 Å². The van der Waals surface area contributed by atoms with E-state index in [9.17, 15) is 4.79 Å². The number of rotatable bonds is 4. The van der Waals surface area contributed by atoms with E-state index in [0.29, 0.717) is 16.3 Å². The van der Waals surface area contributed by atoms with E-state index in [1.807, 2.05) is 42.6 Å². The molecule has 0 spiro atoms. The van der Waals surface area contributed by atoms with E-state index in [1.54, 1.807) is 7.11 Å². The molecule has 0 aliphatic heterocycles. The summed E-state index contributed by atoms with van der Waals surface area (Å²) in [5, 5.41) is 4.52. The number of thiophene rings is 1. The summed E-state index contributed by atoms with van der Waals surface area (Å²) in [5.74, 6) is 0.929. The first-order valence-corrected chi connectivity index (χ1v) is 10.3. The van der Waals surface area contributed by atoms with Gasteiger partial charge in [0.15, 0.2) is 0 Å². The van der Waals surface area contributed by atoms with Crippen LogP contribution >= 0.6 is 22.9 Å². The molecule has 28 heavy (non-hydrogen) atoms. The standard InChI is InChI=1S/C22H21ClN2O2S/c1-11-8-17(27-3)18(13-4-5-14(12(2)10-24)16(23)9-13)19-15-6-7-28-21(15)22(26)25-20(11)19/h4-9,12H,10,24H2,1-3H3,(H,25,26). The molecule has 2 aromatic heterocycles. The van der Waals surface area contributed by atoms with Gasteiger partial charge in [-0.15, -0.1) is 11.3 Å². The van der Waals surface area contributed by atoms with Crippen molar-refractivity contribution in [3.8, 4) is 16.9 Å². The number of aromatic nitrogens is 1. The van der Waals surface area contributed by atoms with E-state index in [4.69, 9.17) is 22.1 Å². The largest absolute Gasteiger partial charge is 0.496 e. The molecule has 0 amide bonds. The summed E-state index contributed by atoms with van der Waals surface area (Å²) < 4.78 is 6.44. The zero-order valence-electron chi connectivity index (χ0n) is 15.9. The quantitative estimate of drug-likeness (QED) is 0.468. The van der Waals surface area contributed by atoms with Crippen molar-refractivity contribution < 1.29 is 4.74 Å². The monoisotopic (exact) mass is 412 g/mol. The van der Waals surface area contributed by atoms with Gasteiger partial charge in [0.1, 0.15) is 10.4 Å². The number of methoxy groups -OCH3 is 1. The Balaban J connectivity index is 2.12. The van der Waals surface area contributed by atoms with Crippen LogP contribution in [0.25, 0.3) is 32.1 Å². The van der Waals surface area contributed by atoms with Gasteiger partial charge in [-0.25, -0.2) is 0 Å². The highest BCUT2D eigenvalue weighted by atomic mass is 35.5. The molecule has 4 aromatic rings. The molecule has 6 heteroatoms. The highest BCUT2D eigenvalue weighted by Crippen LogP contribution is 2.43. The first kappa shape index (κ1) is 19.0. The van der Waals surface area contributed by atoms with Crippen LogP contribution in [0.1, 0.15) is 24.0 Å². The van der Waals surface area contributed by atoms with E-state index in [-0.39, 0.29) is 11.5 Å². The Kier molecular flexibility index (Phi) is 4.91. The van der Waals surface area contributed by atoms with Gasteiger partial charge in [0.05, 0.1) is 12.6 Å². The van der Waals surface area contributed by atoms with Crippen LogP contribution < -0.4 is 16.0 Å². The fourth-order valence-corrected chi connectivity index (χ4v) is 4.89. The lowest BCUT2D eigenvalue weighted by molar-refractivity contribution is 0.416. The molecule has 0 radical (unpaired) electrons. The van der Waals surface area contributed by atoms with E-state index in [0.717, 1.165) is 44.3 Å². The number of aryl methyl sites for hydroxylation is 1. The molecule has 1 unspecified atom stereocenters. The number of nitrogens with two attached hydrogens (primary N) is 1. The number of pyridine rings is 1. The zero-order chi connectivity index (χ0) is 20.0. The summed E-state index contributed by atoms with van der Waals surface area (Å²) in [4.78, 5) is 15.6. The lowest BCUT2D eigenvalue weighted by atomic mass is 9.92. The van der Waals surface area contributed by atoms with Gasteiger partial charge < -0.3 is 15.5 Å². The van der Waals surface area contributed by atoms with Crippen molar-refractivity contribution in [3.05, 3.63) is 62.2 Å². The predicted molar refractivity (Wildman–Crippen MR) is 119 cm³/mol. The summed E-state index contributed by atoms with van der Waals surface area (Å²) in [6.07, 6.45) is 0. The van der Waals surface area contributed by atoms with Crippen LogP contribution in [-0.4, -0.2) is 18.6 Å². The second-order valence-electron chi connectivity index (χ2n) is 7.01. The van der Waals surface area contributed by atoms with Crippen LogP contribution in [0.3, 0.4) is 0 Å². The number of ether oxygens (including phenoxy) is 1. The van der Waals surface area contributed by atoms with Gasteiger partial charge in [0.2, 0.25) is 0 Å². The number of halogens is 1. The first-order valence-electron chi connectivity index (χ1n) is 9.07. The van der Waals surface area contributed by atoms with Gasteiger partial charge in [0.25, 0.3) is 5.56 Å². The second-order valence-corrected chi connectivity index (χ2v) is 8.33. The topological polar surface area (TPSA) is 68.1 Å². The Labute approximate surface area is 171 Å². The van der Waals surface area contributed by atoms with Crippen molar-refractivity contribution in [2.45, 2.75) is 19.8 Å². The van der Waals surface area contributed by atoms with E-state index < -0.39 is 0 Å². The van der Waals surface area contributed by atoms with E-state index in [2.05, 4.69) is 11.9 Å². The molecule has 2 heterocycles. The molecule has 0 aliphatic carbocycles. The molecule has 0 fully saturated rings. The Morgan fingerprint density at radius 1 is 1.29 bits per heavy atom. The molecule has 144 valence electrons. The predicted octanol–water partition coefficient (Wildman–Crippen LogP) is 5.44. The van der Waals surface area contributed by atoms with Gasteiger partial charge in [-0.1, -0.05) is 30.7 Å². The van der Waals surface area contributed by atoms with Gasteiger partial charge in [0, 0.05) is 21.4 Å². The lowest BCUT2D eigenvalue weighted by Gasteiger charge is -2.17. The molecule has 3 N–H and O–H groups in total. The molecular formula is C22H21ClN2O2S. The summed E-state index contributed by atoms with van der Waals surface area (Å²) in [5.41, 5.74) is 10.4. The van der Waals surface area contributed by atoms with Crippen LogP contribution in [0.5, 0.6) is 5.75 Å². The van der Waals surface area contributed by atoms with Crippen molar-refractivity contribution in [3.63, 3.8) is 0 Å². The Hall–Kier alpha value is -2.34. The summed E-state index contributed by atoms with van der Waals surface area (Å²) in [6.45, 7) is 4.57. The molecule has 0 saturated carbocycles. The van der Waals surface area contributed by atoms with Crippen LogP contribution in [0.15, 0.2) is 40.5 Å². The molecule has 0 bridgehead atoms. The third-order valence-corrected chi connectivity index (χ3v) is 6.50. The highest BCUT2D eigenvalue weighted by Gasteiger charge is 2.19. The van der Waals surface area contributed by atoms with Crippen molar-refractivity contribution in [1.82, 2.24) is 4.98 Å². The normalized spacial score (nSPS) is 12.6. The summed E-state index contributed by atoms with van der Waals surface area (Å²) in [6, 6.07) is 9.97. The fourth-order valence-electron chi connectivity index (χ4n) is 3.73. The molecule has 2 aromatic carbocycles. The SMILES string of the molecule is COc1cc(C)c2[nH]c(=O)c3sccc3c2c1-c1ccc(C(C)CN)c(Cl)c1. The van der Waals surface area contributed by atoms with Crippen LogP contribution in [-0.2, 0) is 0 Å². The van der Waals surface area contributed by atoms with E-state index in [1.165, 1.54) is 11.3 Å². The Morgan fingerprint density at radius 3 is 2.75 bits per heavy atom. The van der Waals surface area contributed by atoms with Crippen LogP contribution in [0.4, 0.5) is 0 Å². The molecule has 0 aliphatic rings. The van der Waals surface area contributed by atoms with Gasteiger partial charge >= 0.3 is 0 Å². The average molecular weight is 413 g/mol. The molecular weight excluding hydrogens is 392 g/mol. The lowest BCUT2D eigenvalue weighted by Crippen LogP contribution is -2.09. The number of fused-ring (bicyclic) bond motifs is 3. The van der Waals surface area contributed by atoms with Crippen LogP contribution in [0.2, 0.25) is 5.02 Å². The number of aromatic amines is 1. The zero-order valence-corrected chi connectivity index (χ0v) is 17.5. The first-order chi connectivity index (χ1) is 13.5.